The number of carbonyl (C=O) groups is 1. The molecule has 1 aliphatic heterocycles. The molecule has 0 radical (unpaired) electrons. The van der Waals surface area contributed by atoms with Crippen molar-refractivity contribution in [3.63, 3.8) is 0 Å². The summed E-state index contributed by atoms with van der Waals surface area (Å²) in [6, 6.07) is 19.1. The number of hydrogen-bond donors (Lipinski definition) is 1. The summed E-state index contributed by atoms with van der Waals surface area (Å²) in [5.74, 6) is -0.184. The third-order valence-corrected chi connectivity index (χ3v) is 4.79. The van der Waals surface area contributed by atoms with Crippen molar-refractivity contribution in [2.24, 2.45) is 5.92 Å². The number of carbonyl (C=O) groups excluding carboxylic acids is 1. The first kappa shape index (κ1) is 18.6. The fourth-order valence-corrected chi connectivity index (χ4v) is 3.29. The molecule has 0 saturated carbocycles. The Hall–Kier alpha value is -3.15. The zero-order valence-electron chi connectivity index (χ0n) is 15.0. The molecule has 0 unspecified atom stereocenters. The van der Waals surface area contributed by atoms with E-state index in [1.165, 1.54) is 0 Å². The molecule has 1 atom stereocenters. The van der Waals surface area contributed by atoms with Crippen molar-refractivity contribution in [3.05, 3.63) is 59.7 Å². The van der Waals surface area contributed by atoms with Gasteiger partial charge >= 0.3 is 0 Å². The Balaban J connectivity index is 1.71. The minimum atomic E-state index is -0.616. The van der Waals surface area contributed by atoms with Gasteiger partial charge in [-0.1, -0.05) is 42.5 Å². The minimum Gasteiger partial charge on any atom is -0.381 e. The van der Waals surface area contributed by atoms with E-state index in [4.69, 9.17) is 4.74 Å². The van der Waals surface area contributed by atoms with Gasteiger partial charge in [-0.15, -0.1) is 0 Å². The molecule has 0 aromatic heterocycles. The van der Waals surface area contributed by atoms with Crippen molar-refractivity contribution in [3.8, 4) is 23.3 Å². The molecule has 5 nitrogen and oxygen atoms in total. The number of ether oxygens (including phenoxy) is 1. The SMILES string of the molecule is N#Cc1cc(C[C@@H](C#N)NC(=O)C2CCOCC2)ccc1-c1ccccc1. The first-order valence-corrected chi connectivity index (χ1v) is 9.07. The van der Waals surface area contributed by atoms with Gasteiger partial charge in [0.2, 0.25) is 5.91 Å². The average molecular weight is 359 g/mol. The van der Waals surface area contributed by atoms with Crippen LogP contribution in [0.15, 0.2) is 48.5 Å². The van der Waals surface area contributed by atoms with Gasteiger partial charge in [-0.2, -0.15) is 10.5 Å². The average Bonchev–Trinajstić information content (AvgIpc) is 2.74. The lowest BCUT2D eigenvalue weighted by Gasteiger charge is -2.22. The number of nitriles is 2. The Morgan fingerprint density at radius 1 is 1.15 bits per heavy atom. The van der Waals surface area contributed by atoms with Gasteiger partial charge in [0, 0.05) is 25.6 Å². The molecule has 1 heterocycles. The zero-order valence-corrected chi connectivity index (χ0v) is 15.0. The van der Waals surface area contributed by atoms with Crippen LogP contribution < -0.4 is 5.32 Å². The van der Waals surface area contributed by atoms with E-state index in [0.29, 0.717) is 38.0 Å². The van der Waals surface area contributed by atoms with Gasteiger partial charge in [0.25, 0.3) is 0 Å². The molecule has 1 amide bonds. The Morgan fingerprint density at radius 3 is 2.56 bits per heavy atom. The second-order valence-corrected chi connectivity index (χ2v) is 6.64. The maximum absolute atomic E-state index is 12.3. The maximum atomic E-state index is 12.3. The molecule has 1 N–H and O–H groups in total. The van der Waals surface area contributed by atoms with Crippen molar-refractivity contribution >= 4 is 5.91 Å². The summed E-state index contributed by atoms with van der Waals surface area (Å²) in [5, 5.41) is 21.8. The van der Waals surface area contributed by atoms with Gasteiger partial charge in [0.1, 0.15) is 6.04 Å². The van der Waals surface area contributed by atoms with E-state index >= 15 is 0 Å². The number of amides is 1. The molecule has 0 spiro atoms. The summed E-state index contributed by atoms with van der Waals surface area (Å²) in [7, 11) is 0. The minimum absolute atomic E-state index is 0.0914. The first-order chi connectivity index (χ1) is 13.2. The monoisotopic (exact) mass is 359 g/mol. The predicted octanol–water partition coefficient (Wildman–Crippen LogP) is 3.20. The van der Waals surface area contributed by atoms with Crippen molar-refractivity contribution < 1.29 is 9.53 Å². The van der Waals surface area contributed by atoms with Crippen LogP contribution in [0.2, 0.25) is 0 Å². The van der Waals surface area contributed by atoms with Gasteiger partial charge in [0.15, 0.2) is 0 Å². The predicted molar refractivity (Wildman–Crippen MR) is 101 cm³/mol. The summed E-state index contributed by atoms with van der Waals surface area (Å²) < 4.78 is 5.27. The number of rotatable bonds is 5. The number of hydrogen-bond acceptors (Lipinski definition) is 4. The van der Waals surface area contributed by atoms with E-state index in [1.54, 1.807) is 6.07 Å². The lowest BCUT2D eigenvalue weighted by atomic mass is 9.95. The lowest BCUT2D eigenvalue weighted by molar-refractivity contribution is -0.128. The van der Waals surface area contributed by atoms with E-state index in [-0.39, 0.29) is 11.8 Å². The van der Waals surface area contributed by atoms with Crippen LogP contribution in [0.5, 0.6) is 0 Å². The van der Waals surface area contributed by atoms with E-state index in [1.807, 2.05) is 42.5 Å². The first-order valence-electron chi connectivity index (χ1n) is 9.07. The van der Waals surface area contributed by atoms with Gasteiger partial charge in [-0.25, -0.2) is 0 Å². The molecule has 5 heteroatoms. The van der Waals surface area contributed by atoms with Crippen LogP contribution in [0.25, 0.3) is 11.1 Å². The molecule has 3 rings (SSSR count). The summed E-state index contributed by atoms with van der Waals surface area (Å²) in [6.45, 7) is 1.17. The molecule has 2 aromatic carbocycles. The Kier molecular flexibility index (Phi) is 6.20. The van der Waals surface area contributed by atoms with Crippen LogP contribution in [0.4, 0.5) is 0 Å². The van der Waals surface area contributed by atoms with Crippen LogP contribution in [-0.2, 0) is 16.0 Å². The van der Waals surface area contributed by atoms with E-state index in [0.717, 1.165) is 16.7 Å². The molecule has 1 fully saturated rings. The van der Waals surface area contributed by atoms with Crippen LogP contribution in [-0.4, -0.2) is 25.2 Å². The van der Waals surface area contributed by atoms with Crippen LogP contribution >= 0.6 is 0 Å². The number of nitrogens with zero attached hydrogens (tertiary/aromatic N) is 2. The highest BCUT2D eigenvalue weighted by molar-refractivity contribution is 5.79. The van der Waals surface area contributed by atoms with Crippen molar-refractivity contribution in [1.29, 1.82) is 10.5 Å². The molecular weight excluding hydrogens is 338 g/mol. The Bertz CT molecular complexity index is 875. The normalized spacial score (nSPS) is 15.3. The van der Waals surface area contributed by atoms with Gasteiger partial charge in [-0.3, -0.25) is 4.79 Å². The van der Waals surface area contributed by atoms with Crippen molar-refractivity contribution in [2.45, 2.75) is 25.3 Å². The van der Waals surface area contributed by atoms with Crippen LogP contribution in [0, 0.1) is 28.6 Å². The molecule has 27 heavy (non-hydrogen) atoms. The lowest BCUT2D eigenvalue weighted by Crippen LogP contribution is -2.41. The quantitative estimate of drug-likeness (QED) is 0.888. The van der Waals surface area contributed by atoms with Gasteiger partial charge < -0.3 is 10.1 Å². The van der Waals surface area contributed by atoms with Gasteiger partial charge in [-0.05, 0) is 35.6 Å². The summed E-state index contributed by atoms with van der Waals surface area (Å²) >= 11 is 0. The fraction of sp³-hybridized carbons (Fsp3) is 0.318. The number of nitrogens with one attached hydrogen (secondary N) is 1. The molecule has 1 aliphatic rings. The molecule has 2 aromatic rings. The second-order valence-electron chi connectivity index (χ2n) is 6.64. The molecule has 136 valence electrons. The second kappa shape index (κ2) is 8.98. The van der Waals surface area contributed by atoms with Crippen molar-refractivity contribution in [1.82, 2.24) is 5.32 Å². The Labute approximate surface area is 159 Å². The largest absolute Gasteiger partial charge is 0.381 e. The van der Waals surface area contributed by atoms with Gasteiger partial charge in [0.05, 0.1) is 17.7 Å². The molecule has 0 bridgehead atoms. The highest BCUT2D eigenvalue weighted by Crippen LogP contribution is 2.24. The maximum Gasteiger partial charge on any atom is 0.224 e. The smallest absolute Gasteiger partial charge is 0.224 e. The standard InChI is InChI=1S/C22H21N3O2/c23-14-19-12-16(6-7-21(19)17-4-2-1-3-5-17)13-20(15-24)25-22(26)18-8-10-27-11-9-18/h1-7,12,18,20H,8-11,13H2,(H,25,26)/t20-/m0/s1. The third-order valence-electron chi connectivity index (χ3n) is 4.79. The van der Waals surface area contributed by atoms with E-state index in [2.05, 4.69) is 17.5 Å². The Morgan fingerprint density at radius 2 is 1.89 bits per heavy atom. The van der Waals surface area contributed by atoms with E-state index in [9.17, 15) is 15.3 Å². The molecule has 1 saturated heterocycles. The fourth-order valence-electron chi connectivity index (χ4n) is 3.29. The topological polar surface area (TPSA) is 85.9 Å². The highest BCUT2D eigenvalue weighted by atomic mass is 16.5. The van der Waals surface area contributed by atoms with Crippen LogP contribution in [0.1, 0.15) is 24.0 Å². The zero-order chi connectivity index (χ0) is 19.1. The molecule has 0 aliphatic carbocycles. The van der Waals surface area contributed by atoms with Crippen molar-refractivity contribution in [2.75, 3.05) is 13.2 Å². The van der Waals surface area contributed by atoms with Crippen LogP contribution in [0.3, 0.4) is 0 Å². The highest BCUT2D eigenvalue weighted by Gasteiger charge is 2.24. The summed E-state index contributed by atoms with van der Waals surface area (Å²) in [6.07, 6.45) is 1.75. The number of benzene rings is 2. The third kappa shape index (κ3) is 4.73. The summed E-state index contributed by atoms with van der Waals surface area (Å²) in [5.41, 5.74) is 3.25. The molecular formula is C22H21N3O2. The summed E-state index contributed by atoms with van der Waals surface area (Å²) in [4.78, 5) is 12.3. The van der Waals surface area contributed by atoms with E-state index < -0.39 is 6.04 Å².